The van der Waals surface area contributed by atoms with Gasteiger partial charge in [-0.3, -0.25) is 0 Å². The van der Waals surface area contributed by atoms with Crippen molar-refractivity contribution in [3.05, 3.63) is 143 Å². The first-order valence-corrected chi connectivity index (χ1v) is 12.9. The largest absolute Gasteiger partial charge is 0.436 e. The Hall–Kier alpha value is -4.96. The third kappa shape index (κ3) is 2.59. The second kappa shape index (κ2) is 7.30. The quantitative estimate of drug-likeness (QED) is 0.246. The molecule has 0 fully saturated rings. The standard InChI is InChI=1S/C34H20N2O2/c1-2-10-20-19(9-1)29-21-11-3-4-12-22(21)30(20)32-24(34-36-26-14-6-8-16-28(26)38-34)18-17-23(31(29)32)33-35-25-13-5-7-15-27(25)37-33/h1-18,29-30H. The van der Waals surface area contributed by atoms with Crippen LogP contribution in [0, 0.1) is 0 Å². The zero-order valence-electron chi connectivity index (χ0n) is 20.3. The van der Waals surface area contributed by atoms with E-state index in [1.807, 2.05) is 48.5 Å². The molecular weight excluding hydrogens is 468 g/mol. The van der Waals surface area contributed by atoms with E-state index in [2.05, 4.69) is 60.7 Å². The van der Waals surface area contributed by atoms with Crippen LogP contribution >= 0.6 is 0 Å². The maximum Gasteiger partial charge on any atom is 0.227 e. The van der Waals surface area contributed by atoms with Crippen LogP contribution in [0.4, 0.5) is 0 Å². The summed E-state index contributed by atoms with van der Waals surface area (Å²) in [4.78, 5) is 9.84. The van der Waals surface area contributed by atoms with Crippen LogP contribution in [0.2, 0.25) is 0 Å². The summed E-state index contributed by atoms with van der Waals surface area (Å²) in [6.45, 7) is 0. The molecule has 38 heavy (non-hydrogen) atoms. The molecule has 0 radical (unpaired) electrons. The first kappa shape index (κ1) is 20.1. The number of aromatic nitrogens is 2. The fourth-order valence-electron chi connectivity index (χ4n) is 6.64. The lowest BCUT2D eigenvalue weighted by Gasteiger charge is -2.43. The van der Waals surface area contributed by atoms with Crippen molar-refractivity contribution in [2.45, 2.75) is 11.8 Å². The van der Waals surface area contributed by atoms with Crippen molar-refractivity contribution in [3.8, 4) is 22.9 Å². The van der Waals surface area contributed by atoms with E-state index in [0.717, 1.165) is 33.3 Å². The van der Waals surface area contributed by atoms with Crippen molar-refractivity contribution < 1.29 is 8.83 Å². The maximum atomic E-state index is 6.35. The number of benzene rings is 5. The molecule has 0 aliphatic heterocycles. The van der Waals surface area contributed by atoms with Gasteiger partial charge in [0, 0.05) is 23.0 Å². The van der Waals surface area contributed by atoms with E-state index in [-0.39, 0.29) is 11.8 Å². The predicted molar refractivity (Wildman–Crippen MR) is 147 cm³/mol. The molecule has 0 spiro atoms. The number of hydrogen-bond acceptors (Lipinski definition) is 4. The second-order valence-corrected chi connectivity index (χ2v) is 10.1. The van der Waals surface area contributed by atoms with E-state index >= 15 is 0 Å². The minimum Gasteiger partial charge on any atom is -0.436 e. The summed E-state index contributed by atoms with van der Waals surface area (Å²) < 4.78 is 12.7. The fourth-order valence-corrected chi connectivity index (χ4v) is 6.64. The molecule has 3 aliphatic rings. The third-order valence-electron chi connectivity index (χ3n) is 8.15. The summed E-state index contributed by atoms with van der Waals surface area (Å²) in [5.74, 6) is 1.43. The van der Waals surface area contributed by atoms with Gasteiger partial charge in [-0.05, 0) is 69.8 Å². The smallest absolute Gasteiger partial charge is 0.227 e. The Balaban J connectivity index is 1.40. The van der Waals surface area contributed by atoms with E-state index < -0.39 is 0 Å². The Morgan fingerprint density at radius 3 is 1.18 bits per heavy atom. The molecule has 0 unspecified atom stereocenters. The van der Waals surface area contributed by atoms with Crippen LogP contribution in [0.15, 0.2) is 118 Å². The molecule has 0 atom stereocenters. The fraction of sp³-hybridized carbons (Fsp3) is 0.0588. The molecule has 0 N–H and O–H groups in total. The number of fused-ring (bicyclic) bond motifs is 2. The van der Waals surface area contributed by atoms with Crippen LogP contribution in [0.3, 0.4) is 0 Å². The SMILES string of the molecule is c1ccc2c(c1)C1c3ccccc3C2c2c(-c3nc4ccccc4o3)ccc(-c3nc4ccccc4o3)c21. The van der Waals surface area contributed by atoms with E-state index in [0.29, 0.717) is 11.8 Å². The second-order valence-electron chi connectivity index (χ2n) is 10.1. The monoisotopic (exact) mass is 488 g/mol. The topological polar surface area (TPSA) is 52.1 Å². The van der Waals surface area contributed by atoms with Gasteiger partial charge in [0.1, 0.15) is 11.0 Å². The molecular formula is C34H20N2O2. The number of nitrogens with zero attached hydrogens (tertiary/aromatic N) is 2. The summed E-state index contributed by atoms with van der Waals surface area (Å²) in [6, 6.07) is 37.8. The average Bonchev–Trinajstić information content (AvgIpc) is 3.61. The summed E-state index contributed by atoms with van der Waals surface area (Å²) in [7, 11) is 0. The van der Waals surface area contributed by atoms with Gasteiger partial charge in [-0.2, -0.15) is 0 Å². The number of para-hydroxylation sites is 4. The van der Waals surface area contributed by atoms with Gasteiger partial charge in [0.2, 0.25) is 11.8 Å². The summed E-state index contributed by atoms with van der Waals surface area (Å²) in [5, 5.41) is 0. The highest BCUT2D eigenvalue weighted by Crippen LogP contribution is 2.59. The van der Waals surface area contributed by atoms with Crippen molar-refractivity contribution in [2.24, 2.45) is 0 Å². The zero-order valence-corrected chi connectivity index (χ0v) is 20.3. The molecule has 0 saturated carbocycles. The van der Waals surface area contributed by atoms with Crippen LogP contribution in [0.5, 0.6) is 0 Å². The van der Waals surface area contributed by atoms with E-state index in [1.165, 1.54) is 33.4 Å². The molecule has 2 heterocycles. The number of hydrogen-bond donors (Lipinski definition) is 0. The molecule has 7 aromatic rings. The first-order valence-electron chi connectivity index (χ1n) is 12.9. The lowest BCUT2D eigenvalue weighted by Crippen LogP contribution is -2.28. The molecule has 4 heteroatoms. The van der Waals surface area contributed by atoms with Gasteiger partial charge in [-0.25, -0.2) is 9.97 Å². The summed E-state index contributed by atoms with van der Waals surface area (Å²) >= 11 is 0. The lowest BCUT2D eigenvalue weighted by atomic mass is 9.59. The highest BCUT2D eigenvalue weighted by atomic mass is 16.4. The predicted octanol–water partition coefficient (Wildman–Crippen LogP) is 8.29. The molecule has 5 aromatic carbocycles. The van der Waals surface area contributed by atoms with E-state index in [9.17, 15) is 0 Å². The van der Waals surface area contributed by atoms with Crippen molar-refractivity contribution >= 4 is 22.2 Å². The Morgan fingerprint density at radius 2 is 0.789 bits per heavy atom. The maximum absolute atomic E-state index is 6.35. The van der Waals surface area contributed by atoms with Crippen LogP contribution in [-0.2, 0) is 0 Å². The highest BCUT2D eigenvalue weighted by molar-refractivity contribution is 5.85. The van der Waals surface area contributed by atoms with Gasteiger partial charge in [0.25, 0.3) is 0 Å². The van der Waals surface area contributed by atoms with Crippen molar-refractivity contribution in [1.29, 1.82) is 0 Å². The molecule has 0 amide bonds. The van der Waals surface area contributed by atoms with Gasteiger partial charge in [0.05, 0.1) is 0 Å². The van der Waals surface area contributed by atoms with Crippen molar-refractivity contribution in [3.63, 3.8) is 0 Å². The van der Waals surface area contributed by atoms with Gasteiger partial charge in [-0.1, -0.05) is 72.8 Å². The van der Waals surface area contributed by atoms with Crippen LogP contribution < -0.4 is 0 Å². The van der Waals surface area contributed by atoms with Gasteiger partial charge >= 0.3 is 0 Å². The molecule has 2 aromatic heterocycles. The van der Waals surface area contributed by atoms with Crippen LogP contribution in [0.25, 0.3) is 45.1 Å². The van der Waals surface area contributed by atoms with Crippen LogP contribution in [-0.4, -0.2) is 9.97 Å². The molecule has 3 aliphatic carbocycles. The van der Waals surface area contributed by atoms with Gasteiger partial charge < -0.3 is 8.83 Å². The molecule has 4 nitrogen and oxygen atoms in total. The van der Waals surface area contributed by atoms with Crippen LogP contribution in [0.1, 0.15) is 45.2 Å². The Bertz CT molecular complexity index is 1800. The van der Waals surface area contributed by atoms with Gasteiger partial charge in [-0.15, -0.1) is 0 Å². The first-order chi connectivity index (χ1) is 18.8. The van der Waals surface area contributed by atoms with E-state index in [4.69, 9.17) is 18.8 Å². The molecule has 0 saturated heterocycles. The molecule has 178 valence electrons. The van der Waals surface area contributed by atoms with Gasteiger partial charge in [0.15, 0.2) is 11.2 Å². The zero-order chi connectivity index (χ0) is 24.8. The van der Waals surface area contributed by atoms with Crippen molar-refractivity contribution in [1.82, 2.24) is 9.97 Å². The minimum absolute atomic E-state index is 0.0664. The van der Waals surface area contributed by atoms with Crippen molar-refractivity contribution in [2.75, 3.05) is 0 Å². The summed E-state index contributed by atoms with van der Waals surface area (Å²) in [5.41, 5.74) is 13.2. The number of rotatable bonds is 2. The normalized spacial score (nSPS) is 16.9. The highest BCUT2D eigenvalue weighted by Gasteiger charge is 2.44. The Labute approximate surface area is 218 Å². The average molecular weight is 489 g/mol. The lowest BCUT2D eigenvalue weighted by molar-refractivity contribution is 0.612. The number of oxazole rings is 2. The molecule has 10 rings (SSSR count). The summed E-state index contributed by atoms with van der Waals surface area (Å²) in [6.07, 6.45) is 0. The minimum atomic E-state index is 0.0664. The Morgan fingerprint density at radius 1 is 0.421 bits per heavy atom. The Kier molecular flexibility index (Phi) is 3.87. The third-order valence-corrected chi connectivity index (χ3v) is 8.15. The van der Waals surface area contributed by atoms with E-state index in [1.54, 1.807) is 0 Å². The molecule has 2 bridgehead atoms.